The second-order valence-corrected chi connectivity index (χ2v) is 1.39. The average molecular weight is 348 g/mol. The van der Waals surface area contributed by atoms with Crippen LogP contribution >= 0.6 is 0 Å². The Bertz CT molecular complexity index is 61.5. The minimum Gasteiger partial charge on any atom is -0.402 e. The van der Waals surface area contributed by atoms with Crippen LogP contribution in [0.5, 0.6) is 0 Å². The van der Waals surface area contributed by atoms with Gasteiger partial charge in [0.2, 0.25) is 0 Å². The Morgan fingerprint density at radius 2 is 0.294 bits per heavy atom. The molecule has 0 atom stereocenters. The molecule has 0 aliphatic heterocycles. The van der Waals surface area contributed by atoms with Crippen LogP contribution < -0.4 is 0 Å². The Morgan fingerprint density at radius 1 is 0.294 bits per heavy atom. The van der Waals surface area contributed by atoms with Crippen LogP contribution in [0.4, 0.5) is 0 Å². The van der Waals surface area contributed by atoms with Crippen molar-refractivity contribution in [2.45, 2.75) is 0 Å². The summed E-state index contributed by atoms with van der Waals surface area (Å²) >= 11 is 0. The fourth-order valence-corrected chi connectivity index (χ4v) is 0. The first kappa shape index (κ1) is 30.4. The minimum atomic E-state index is -2.17. The summed E-state index contributed by atoms with van der Waals surface area (Å²) in [7, 11) is -8.67. The maximum atomic E-state index is 7.17. The molecule has 0 saturated carbocycles. The zero-order chi connectivity index (χ0) is 14.3. The van der Waals surface area contributed by atoms with E-state index < -0.39 is 29.3 Å². The van der Waals surface area contributed by atoms with E-state index in [1.807, 2.05) is 0 Å². The summed E-state index contributed by atoms with van der Waals surface area (Å²) in [5.41, 5.74) is 0. The van der Waals surface area contributed by atoms with Gasteiger partial charge in [0, 0.05) is 19.5 Å². The van der Waals surface area contributed by atoms with E-state index in [0.717, 1.165) is 0 Å². The molecule has 12 nitrogen and oxygen atoms in total. The van der Waals surface area contributed by atoms with Crippen molar-refractivity contribution >= 4 is 29.3 Å². The topological polar surface area (TPSA) is 243 Å². The van der Waals surface area contributed by atoms with Crippen molar-refractivity contribution in [2.75, 3.05) is 0 Å². The molecule has 0 saturated heterocycles. The van der Waals surface area contributed by atoms with Gasteiger partial charge in [-0.1, -0.05) is 0 Å². The molecule has 12 N–H and O–H groups in total. The van der Waals surface area contributed by atoms with Gasteiger partial charge >= 0.3 is 29.3 Å². The normalized spacial score (nSPS) is 6.35. The number of hydrogen-bond acceptors (Lipinski definition) is 12. The molecular weight excluding hydrogens is 336 g/mol. The molecule has 0 spiro atoms. The molecule has 0 aromatic heterocycles. The predicted molar refractivity (Wildman–Crippen MR) is 49.6 cm³/mol. The monoisotopic (exact) mass is 350 g/mol. The maximum absolute atomic E-state index is 7.17. The van der Waals surface area contributed by atoms with Gasteiger partial charge < -0.3 is 60.3 Å². The Hall–Kier alpha value is 0.403. The van der Waals surface area contributed by atoms with E-state index in [-0.39, 0.29) is 19.5 Å². The summed E-state index contributed by atoms with van der Waals surface area (Å²) in [6.45, 7) is 0. The van der Waals surface area contributed by atoms with Gasteiger partial charge in [0.1, 0.15) is 0 Å². The Balaban J connectivity index is -0.0000000369. The van der Waals surface area contributed by atoms with E-state index >= 15 is 0 Å². The third-order valence-corrected chi connectivity index (χ3v) is 0. The summed E-state index contributed by atoms with van der Waals surface area (Å²) in [6, 6.07) is 0. The first-order chi connectivity index (χ1) is 6.93. The van der Waals surface area contributed by atoms with E-state index in [9.17, 15) is 0 Å². The summed E-state index contributed by atoms with van der Waals surface area (Å²) < 4.78 is 0. The van der Waals surface area contributed by atoms with E-state index in [2.05, 4.69) is 0 Å². The molecule has 0 fully saturated rings. The second kappa shape index (κ2) is 25.3. The Kier molecular flexibility index (Phi) is 45.3. The molecule has 0 aliphatic rings. The molecule has 0 heterocycles. The molecule has 0 unspecified atom stereocenters. The molecule has 0 bridgehead atoms. The third kappa shape index (κ3) is 20900. The molecule has 0 amide bonds. The smallest absolute Gasteiger partial charge is 0.402 e. The molecule has 104 valence electrons. The van der Waals surface area contributed by atoms with Gasteiger partial charge in [-0.25, -0.2) is 0 Å². The van der Waals surface area contributed by atoms with Gasteiger partial charge in [-0.3, -0.25) is 0 Å². The summed E-state index contributed by atoms with van der Waals surface area (Å²) in [5.74, 6) is 0. The van der Waals surface area contributed by atoms with Crippen molar-refractivity contribution in [3.05, 3.63) is 0 Å². The molecular formula is H12B4O12Ru. The van der Waals surface area contributed by atoms with Gasteiger partial charge in [-0.05, 0) is 0 Å². The molecule has 0 aromatic carbocycles. The molecule has 0 aromatic rings. The summed E-state index contributed by atoms with van der Waals surface area (Å²) in [6.07, 6.45) is 0. The van der Waals surface area contributed by atoms with Crippen LogP contribution in [-0.2, 0) is 19.5 Å². The summed E-state index contributed by atoms with van der Waals surface area (Å²) in [4.78, 5) is 0. The van der Waals surface area contributed by atoms with Gasteiger partial charge in [-0.2, -0.15) is 0 Å². The number of rotatable bonds is 0. The van der Waals surface area contributed by atoms with Crippen molar-refractivity contribution in [3.63, 3.8) is 0 Å². The SMILES string of the molecule is OB(O)O.OB(O)O.OB(O)O.OB(O)O.[Ru]. The number of hydrogen-bond donors (Lipinski definition) is 12. The van der Waals surface area contributed by atoms with Crippen molar-refractivity contribution in [2.24, 2.45) is 0 Å². The standard InChI is InChI=1S/4BH3O3.Ru/c4*2-1(3)4;/h4*2-4H;. The van der Waals surface area contributed by atoms with E-state index in [1.54, 1.807) is 0 Å². The van der Waals surface area contributed by atoms with Crippen LogP contribution in [0.15, 0.2) is 0 Å². The van der Waals surface area contributed by atoms with Crippen LogP contribution in [0.1, 0.15) is 0 Å². The van der Waals surface area contributed by atoms with E-state index in [0.29, 0.717) is 0 Å². The van der Waals surface area contributed by atoms with Crippen LogP contribution in [0.25, 0.3) is 0 Å². The molecule has 17 heavy (non-hydrogen) atoms. The van der Waals surface area contributed by atoms with Gasteiger partial charge in [0.25, 0.3) is 0 Å². The van der Waals surface area contributed by atoms with Gasteiger partial charge in [0.05, 0.1) is 0 Å². The molecule has 17 heteroatoms. The largest absolute Gasteiger partial charge is 0.631 e. The fourth-order valence-electron chi connectivity index (χ4n) is 0. The van der Waals surface area contributed by atoms with E-state index in [4.69, 9.17) is 60.3 Å². The van der Waals surface area contributed by atoms with Crippen LogP contribution in [0.3, 0.4) is 0 Å². The zero-order valence-corrected chi connectivity index (χ0v) is 9.77. The van der Waals surface area contributed by atoms with Gasteiger partial charge in [-0.15, -0.1) is 0 Å². The fraction of sp³-hybridized carbons (Fsp3) is 0. The summed E-state index contributed by atoms with van der Waals surface area (Å²) in [5, 5.41) is 86.0. The minimum absolute atomic E-state index is 0. The quantitative estimate of drug-likeness (QED) is 0.182. The first-order valence-corrected chi connectivity index (χ1v) is 3.10. The van der Waals surface area contributed by atoms with Gasteiger partial charge in [0.15, 0.2) is 0 Å². The van der Waals surface area contributed by atoms with Crippen molar-refractivity contribution in [3.8, 4) is 0 Å². The van der Waals surface area contributed by atoms with E-state index in [1.165, 1.54) is 0 Å². The predicted octanol–water partition coefficient (Wildman–Crippen LogP) is -8.21. The van der Waals surface area contributed by atoms with Crippen molar-refractivity contribution < 1.29 is 79.8 Å². The van der Waals surface area contributed by atoms with Crippen molar-refractivity contribution in [1.29, 1.82) is 0 Å². The molecule has 0 rings (SSSR count). The first-order valence-electron chi connectivity index (χ1n) is 3.10. The van der Waals surface area contributed by atoms with Crippen LogP contribution in [0.2, 0.25) is 0 Å². The second-order valence-electron chi connectivity index (χ2n) is 1.39. The molecule has 0 aliphatic carbocycles. The van der Waals surface area contributed by atoms with Crippen LogP contribution in [-0.4, -0.2) is 89.6 Å². The van der Waals surface area contributed by atoms with Crippen LogP contribution in [0, 0.1) is 0 Å². The molecule has 0 radical (unpaired) electrons. The Morgan fingerprint density at radius 3 is 0.294 bits per heavy atom. The Labute approximate surface area is 110 Å². The zero-order valence-electron chi connectivity index (χ0n) is 8.03. The third-order valence-electron chi connectivity index (χ3n) is 0. The average Bonchev–Trinajstić information content (AvgIpc) is 1.76. The van der Waals surface area contributed by atoms with Crippen molar-refractivity contribution in [1.82, 2.24) is 0 Å². The maximum Gasteiger partial charge on any atom is 0.631 e.